The molecule has 1 unspecified atom stereocenters. The molecule has 1 amide bonds. The summed E-state index contributed by atoms with van der Waals surface area (Å²) in [7, 11) is 0. The van der Waals surface area contributed by atoms with Crippen LogP contribution in [-0.4, -0.2) is 20.4 Å². The molecule has 0 saturated heterocycles. The van der Waals surface area contributed by atoms with Gasteiger partial charge in [0.05, 0.1) is 17.9 Å². The Morgan fingerprint density at radius 2 is 2.04 bits per heavy atom. The lowest BCUT2D eigenvalue weighted by Crippen LogP contribution is -2.22. The van der Waals surface area contributed by atoms with Gasteiger partial charge in [-0.3, -0.25) is 9.20 Å². The summed E-state index contributed by atoms with van der Waals surface area (Å²) in [6.07, 6.45) is 2.68. The van der Waals surface area contributed by atoms with E-state index in [-0.39, 0.29) is 11.7 Å². The number of aromatic nitrogens is 3. The van der Waals surface area contributed by atoms with E-state index in [1.165, 1.54) is 16.1 Å². The van der Waals surface area contributed by atoms with E-state index in [4.69, 9.17) is 4.52 Å². The number of nitrogens with one attached hydrogen (secondary N) is 1. The maximum atomic E-state index is 12.4. The van der Waals surface area contributed by atoms with E-state index in [0.29, 0.717) is 12.5 Å². The number of fused-ring (bicyclic) bond motifs is 1. The van der Waals surface area contributed by atoms with E-state index in [1.54, 1.807) is 17.4 Å². The summed E-state index contributed by atoms with van der Waals surface area (Å²) >= 11 is 1.65. The van der Waals surface area contributed by atoms with Crippen LogP contribution >= 0.6 is 11.3 Å². The molecule has 0 radical (unpaired) electrons. The van der Waals surface area contributed by atoms with E-state index in [0.717, 1.165) is 22.8 Å². The molecule has 0 saturated carbocycles. The van der Waals surface area contributed by atoms with Gasteiger partial charge in [-0.15, -0.1) is 11.3 Å². The predicted molar refractivity (Wildman–Crippen MR) is 109 cm³/mol. The van der Waals surface area contributed by atoms with Crippen LogP contribution in [0, 0.1) is 13.8 Å². The Kier molecular flexibility index (Phi) is 5.00. The summed E-state index contributed by atoms with van der Waals surface area (Å²) in [4.78, 5) is 19.1. The van der Waals surface area contributed by atoms with E-state index in [1.807, 2.05) is 24.4 Å². The van der Waals surface area contributed by atoms with Gasteiger partial charge in [-0.1, -0.05) is 42.4 Å². The van der Waals surface area contributed by atoms with Crippen LogP contribution in [0.15, 0.2) is 47.1 Å². The minimum absolute atomic E-state index is 0.225. The monoisotopic (exact) mass is 394 g/mol. The first kappa shape index (κ1) is 18.4. The molecule has 3 heterocycles. The Morgan fingerprint density at radius 3 is 2.79 bits per heavy atom. The quantitative estimate of drug-likeness (QED) is 0.530. The molecule has 4 aromatic rings. The second-order valence-electron chi connectivity index (χ2n) is 7.01. The maximum Gasteiger partial charge on any atom is 0.290 e. The summed E-state index contributed by atoms with van der Waals surface area (Å²) in [6, 6.07) is 12.0. The van der Waals surface area contributed by atoms with Gasteiger partial charge in [-0.2, -0.15) is 0 Å². The zero-order chi connectivity index (χ0) is 19.7. The van der Waals surface area contributed by atoms with Gasteiger partial charge in [-0.25, -0.2) is 4.98 Å². The Bertz CT molecular complexity index is 1110. The molecule has 28 heavy (non-hydrogen) atoms. The summed E-state index contributed by atoms with van der Waals surface area (Å²) in [5.74, 6) is 0.242. The van der Waals surface area contributed by atoms with Crippen LogP contribution < -0.4 is 5.32 Å². The highest BCUT2D eigenvalue weighted by Gasteiger charge is 2.16. The minimum Gasteiger partial charge on any atom is -0.351 e. The molecule has 3 aromatic heterocycles. The van der Waals surface area contributed by atoms with Crippen molar-refractivity contribution in [2.24, 2.45) is 0 Å². The summed E-state index contributed by atoms with van der Waals surface area (Å²) < 4.78 is 7.30. The third kappa shape index (κ3) is 3.71. The van der Waals surface area contributed by atoms with Crippen LogP contribution in [0.2, 0.25) is 0 Å². The third-order valence-electron chi connectivity index (χ3n) is 4.94. The highest BCUT2D eigenvalue weighted by atomic mass is 32.1. The molecule has 6 nitrogen and oxygen atoms in total. The molecule has 0 fully saturated rings. The van der Waals surface area contributed by atoms with E-state index < -0.39 is 0 Å². The van der Waals surface area contributed by atoms with Crippen LogP contribution in [0.3, 0.4) is 0 Å². The first-order valence-corrected chi connectivity index (χ1v) is 10.1. The van der Waals surface area contributed by atoms with Crippen molar-refractivity contribution in [2.75, 3.05) is 0 Å². The van der Waals surface area contributed by atoms with Gasteiger partial charge in [0.15, 0.2) is 4.96 Å². The third-order valence-corrected chi connectivity index (χ3v) is 6.01. The molecule has 0 spiro atoms. The molecule has 1 atom stereocenters. The molecule has 0 aliphatic rings. The molecule has 0 bridgehead atoms. The number of hydrogen-bond acceptors (Lipinski definition) is 5. The fourth-order valence-electron chi connectivity index (χ4n) is 3.17. The van der Waals surface area contributed by atoms with Gasteiger partial charge in [0.25, 0.3) is 5.91 Å². The van der Waals surface area contributed by atoms with Crippen LogP contribution in [-0.2, 0) is 13.0 Å². The van der Waals surface area contributed by atoms with Crippen molar-refractivity contribution < 1.29 is 9.32 Å². The number of hydrogen-bond donors (Lipinski definition) is 1. The predicted octanol–water partition coefficient (Wildman–Crippen LogP) is 4.28. The Balaban J connectivity index is 1.37. The minimum atomic E-state index is -0.282. The average Bonchev–Trinajstić information content (AvgIpc) is 3.38. The molecule has 0 aliphatic carbocycles. The van der Waals surface area contributed by atoms with Gasteiger partial charge in [-0.05, 0) is 31.7 Å². The fourth-order valence-corrected chi connectivity index (χ4v) is 4.14. The number of amides is 1. The van der Waals surface area contributed by atoms with E-state index in [9.17, 15) is 4.79 Å². The standard InChI is InChI=1S/C21H22N4O2S/c1-13(16-7-5-4-6-8-16)9-17-10-19(27-24-17)20(26)22-11-18-12-25-14(2)15(3)28-21(25)23-18/h4-8,10,12-13H,9,11H2,1-3H3,(H,22,26). The Labute approximate surface area is 167 Å². The van der Waals surface area contributed by atoms with Crippen LogP contribution in [0.5, 0.6) is 0 Å². The first-order chi connectivity index (χ1) is 13.5. The largest absolute Gasteiger partial charge is 0.351 e. The highest BCUT2D eigenvalue weighted by Crippen LogP contribution is 2.22. The van der Waals surface area contributed by atoms with Crippen molar-refractivity contribution in [3.8, 4) is 0 Å². The second-order valence-corrected chi connectivity index (χ2v) is 8.19. The number of carbonyl (C=O) groups excluding carboxylic acids is 1. The van der Waals surface area contributed by atoms with Gasteiger partial charge in [0.2, 0.25) is 5.76 Å². The second kappa shape index (κ2) is 7.59. The number of imidazole rings is 1. The average molecular weight is 395 g/mol. The molecule has 1 N–H and O–H groups in total. The molecular formula is C21H22N4O2S. The van der Waals surface area contributed by atoms with Crippen molar-refractivity contribution in [3.05, 3.63) is 75.9 Å². The van der Waals surface area contributed by atoms with Crippen LogP contribution in [0.4, 0.5) is 0 Å². The number of aryl methyl sites for hydroxylation is 2. The smallest absolute Gasteiger partial charge is 0.290 e. The summed E-state index contributed by atoms with van der Waals surface area (Å²) in [5, 5.41) is 6.91. The van der Waals surface area contributed by atoms with Crippen molar-refractivity contribution in [3.63, 3.8) is 0 Å². The van der Waals surface area contributed by atoms with Gasteiger partial charge in [0.1, 0.15) is 0 Å². The van der Waals surface area contributed by atoms with Crippen molar-refractivity contribution >= 4 is 22.2 Å². The zero-order valence-corrected chi connectivity index (χ0v) is 16.9. The maximum absolute atomic E-state index is 12.4. The number of carbonyl (C=O) groups is 1. The molecular weight excluding hydrogens is 372 g/mol. The number of benzene rings is 1. The zero-order valence-electron chi connectivity index (χ0n) is 16.1. The number of rotatable bonds is 6. The number of thiazole rings is 1. The molecule has 4 rings (SSSR count). The van der Waals surface area contributed by atoms with Gasteiger partial charge < -0.3 is 9.84 Å². The van der Waals surface area contributed by atoms with Crippen molar-refractivity contribution in [2.45, 2.75) is 39.7 Å². The van der Waals surface area contributed by atoms with Crippen molar-refractivity contribution in [1.29, 1.82) is 0 Å². The summed E-state index contributed by atoms with van der Waals surface area (Å²) in [5.41, 5.74) is 4.01. The summed E-state index contributed by atoms with van der Waals surface area (Å²) in [6.45, 7) is 6.63. The van der Waals surface area contributed by atoms with Gasteiger partial charge in [0, 0.05) is 22.8 Å². The highest BCUT2D eigenvalue weighted by molar-refractivity contribution is 7.17. The topological polar surface area (TPSA) is 72.4 Å². The van der Waals surface area contributed by atoms with E-state index >= 15 is 0 Å². The number of nitrogens with zero attached hydrogens (tertiary/aromatic N) is 3. The fraction of sp³-hybridized carbons (Fsp3) is 0.286. The Hall–Kier alpha value is -2.93. The SMILES string of the molecule is Cc1sc2nc(CNC(=O)c3cc(CC(C)c4ccccc4)no3)cn2c1C. The lowest BCUT2D eigenvalue weighted by Gasteiger charge is -2.08. The lowest BCUT2D eigenvalue weighted by molar-refractivity contribution is 0.0913. The lowest BCUT2D eigenvalue weighted by atomic mass is 9.96. The van der Waals surface area contributed by atoms with Crippen LogP contribution in [0.1, 0.15) is 50.9 Å². The first-order valence-electron chi connectivity index (χ1n) is 9.24. The molecule has 0 aliphatic heterocycles. The molecule has 1 aromatic carbocycles. The van der Waals surface area contributed by atoms with Gasteiger partial charge >= 0.3 is 0 Å². The van der Waals surface area contributed by atoms with Crippen LogP contribution in [0.25, 0.3) is 4.96 Å². The molecule has 144 valence electrons. The van der Waals surface area contributed by atoms with E-state index in [2.05, 4.69) is 52.8 Å². The normalized spacial score (nSPS) is 12.4. The molecule has 7 heteroatoms. The van der Waals surface area contributed by atoms with Crippen molar-refractivity contribution in [1.82, 2.24) is 19.9 Å². The Morgan fingerprint density at radius 1 is 1.25 bits per heavy atom.